The standard InChI is InChI=1S/C16H19NOS/c1-11-4-5-12(2)16(8-11)19-10-13-9-14(17)6-7-15(13)18-3/h4-9H,10,17H2,1-3H3. The predicted octanol–water partition coefficient (Wildman–Crippen LogP) is 4.19. The van der Waals surface area contributed by atoms with E-state index in [9.17, 15) is 0 Å². The molecule has 0 atom stereocenters. The zero-order valence-corrected chi connectivity index (χ0v) is 12.4. The predicted molar refractivity (Wildman–Crippen MR) is 82.9 cm³/mol. The van der Waals surface area contributed by atoms with E-state index in [0.29, 0.717) is 0 Å². The average Bonchev–Trinajstić information content (AvgIpc) is 2.40. The summed E-state index contributed by atoms with van der Waals surface area (Å²) in [5.41, 5.74) is 10.3. The van der Waals surface area contributed by atoms with Crippen LogP contribution >= 0.6 is 11.8 Å². The molecule has 19 heavy (non-hydrogen) atoms. The number of aryl methyl sites for hydroxylation is 2. The Bertz CT molecular complexity index is 581. The first-order valence-electron chi connectivity index (χ1n) is 6.22. The number of nitrogens with two attached hydrogens (primary N) is 1. The van der Waals surface area contributed by atoms with Crippen LogP contribution in [0.15, 0.2) is 41.3 Å². The lowest BCUT2D eigenvalue weighted by Gasteiger charge is -2.11. The van der Waals surface area contributed by atoms with Crippen LogP contribution in [-0.2, 0) is 5.75 Å². The van der Waals surface area contributed by atoms with Crippen molar-refractivity contribution in [2.45, 2.75) is 24.5 Å². The quantitative estimate of drug-likeness (QED) is 0.670. The zero-order chi connectivity index (χ0) is 13.8. The molecule has 3 heteroatoms. The van der Waals surface area contributed by atoms with Gasteiger partial charge < -0.3 is 10.5 Å². The number of hydrogen-bond acceptors (Lipinski definition) is 3. The third-order valence-electron chi connectivity index (χ3n) is 3.03. The molecule has 2 N–H and O–H groups in total. The SMILES string of the molecule is COc1ccc(N)cc1CSc1cc(C)ccc1C. The van der Waals surface area contributed by atoms with Gasteiger partial charge in [0.1, 0.15) is 5.75 Å². The van der Waals surface area contributed by atoms with Gasteiger partial charge in [-0.25, -0.2) is 0 Å². The second kappa shape index (κ2) is 6.02. The number of hydrogen-bond donors (Lipinski definition) is 1. The van der Waals surface area contributed by atoms with Crippen molar-refractivity contribution in [2.24, 2.45) is 0 Å². The van der Waals surface area contributed by atoms with Gasteiger partial charge in [0.25, 0.3) is 0 Å². The van der Waals surface area contributed by atoms with Crippen molar-refractivity contribution in [3.63, 3.8) is 0 Å². The molecule has 0 aromatic heterocycles. The monoisotopic (exact) mass is 273 g/mol. The summed E-state index contributed by atoms with van der Waals surface area (Å²) < 4.78 is 5.37. The fourth-order valence-corrected chi connectivity index (χ4v) is 3.03. The number of methoxy groups -OCH3 is 1. The van der Waals surface area contributed by atoms with Crippen LogP contribution in [-0.4, -0.2) is 7.11 Å². The minimum absolute atomic E-state index is 0.775. The van der Waals surface area contributed by atoms with Crippen LogP contribution in [0.25, 0.3) is 0 Å². The topological polar surface area (TPSA) is 35.2 Å². The first kappa shape index (κ1) is 13.8. The lowest BCUT2D eigenvalue weighted by molar-refractivity contribution is 0.411. The Balaban J connectivity index is 2.18. The molecule has 0 amide bonds. The van der Waals surface area contributed by atoms with Gasteiger partial charge in [-0.15, -0.1) is 11.8 Å². The molecule has 0 aliphatic rings. The Morgan fingerprint density at radius 1 is 1.11 bits per heavy atom. The molecule has 0 radical (unpaired) electrons. The number of rotatable bonds is 4. The molecule has 0 unspecified atom stereocenters. The molecule has 2 aromatic rings. The van der Waals surface area contributed by atoms with Gasteiger partial charge in [-0.2, -0.15) is 0 Å². The van der Waals surface area contributed by atoms with Gasteiger partial charge in [0.15, 0.2) is 0 Å². The van der Waals surface area contributed by atoms with E-state index in [4.69, 9.17) is 10.5 Å². The van der Waals surface area contributed by atoms with Gasteiger partial charge in [-0.3, -0.25) is 0 Å². The highest BCUT2D eigenvalue weighted by Crippen LogP contribution is 2.31. The van der Waals surface area contributed by atoms with Crippen molar-refractivity contribution < 1.29 is 4.74 Å². The van der Waals surface area contributed by atoms with Gasteiger partial charge in [-0.1, -0.05) is 17.7 Å². The van der Waals surface area contributed by atoms with Crippen LogP contribution in [0.1, 0.15) is 16.7 Å². The molecule has 0 saturated heterocycles. The fraction of sp³-hybridized carbons (Fsp3) is 0.250. The maximum atomic E-state index is 5.84. The minimum Gasteiger partial charge on any atom is -0.496 e. The summed E-state index contributed by atoms with van der Waals surface area (Å²) in [5.74, 6) is 1.76. The summed E-state index contributed by atoms with van der Waals surface area (Å²) in [5, 5.41) is 0. The van der Waals surface area contributed by atoms with Crippen LogP contribution in [0.5, 0.6) is 5.75 Å². The van der Waals surface area contributed by atoms with Crippen molar-refractivity contribution in [3.8, 4) is 5.75 Å². The van der Waals surface area contributed by atoms with E-state index in [-0.39, 0.29) is 0 Å². The molecule has 2 rings (SSSR count). The Morgan fingerprint density at radius 3 is 2.63 bits per heavy atom. The van der Waals surface area contributed by atoms with Crippen LogP contribution < -0.4 is 10.5 Å². The molecule has 0 fully saturated rings. The summed E-state index contributed by atoms with van der Waals surface area (Å²) in [6.45, 7) is 4.25. The summed E-state index contributed by atoms with van der Waals surface area (Å²) >= 11 is 1.82. The molecule has 0 saturated carbocycles. The van der Waals surface area contributed by atoms with Gasteiger partial charge in [-0.05, 0) is 43.7 Å². The molecule has 0 bridgehead atoms. The lowest BCUT2D eigenvalue weighted by Crippen LogP contribution is -1.93. The van der Waals surface area contributed by atoms with Crippen LogP contribution in [0.3, 0.4) is 0 Å². The lowest BCUT2D eigenvalue weighted by atomic mass is 10.2. The molecule has 0 aliphatic heterocycles. The van der Waals surface area contributed by atoms with Crippen molar-refractivity contribution in [2.75, 3.05) is 12.8 Å². The van der Waals surface area contributed by atoms with Gasteiger partial charge >= 0.3 is 0 Å². The van der Waals surface area contributed by atoms with Gasteiger partial charge in [0, 0.05) is 21.9 Å². The van der Waals surface area contributed by atoms with Crippen LogP contribution in [0.4, 0.5) is 5.69 Å². The van der Waals surface area contributed by atoms with Crippen molar-refractivity contribution >= 4 is 17.4 Å². The van der Waals surface area contributed by atoms with E-state index in [1.807, 2.05) is 30.0 Å². The Morgan fingerprint density at radius 2 is 1.89 bits per heavy atom. The van der Waals surface area contributed by atoms with E-state index in [1.54, 1.807) is 7.11 Å². The van der Waals surface area contributed by atoms with E-state index >= 15 is 0 Å². The second-order valence-electron chi connectivity index (χ2n) is 4.63. The fourth-order valence-electron chi connectivity index (χ4n) is 1.93. The van der Waals surface area contributed by atoms with E-state index < -0.39 is 0 Å². The number of anilines is 1. The smallest absolute Gasteiger partial charge is 0.123 e. The van der Waals surface area contributed by atoms with Gasteiger partial charge in [0.2, 0.25) is 0 Å². The first-order valence-corrected chi connectivity index (χ1v) is 7.21. The summed E-state index contributed by atoms with van der Waals surface area (Å²) in [4.78, 5) is 1.31. The van der Waals surface area contributed by atoms with Crippen molar-refractivity contribution in [1.82, 2.24) is 0 Å². The molecule has 2 nitrogen and oxygen atoms in total. The average molecular weight is 273 g/mol. The Kier molecular flexibility index (Phi) is 4.38. The molecule has 100 valence electrons. The molecular formula is C16H19NOS. The molecule has 2 aromatic carbocycles. The highest BCUT2D eigenvalue weighted by molar-refractivity contribution is 7.98. The number of thioether (sulfide) groups is 1. The summed E-state index contributed by atoms with van der Waals surface area (Å²) in [6, 6.07) is 12.3. The normalized spacial score (nSPS) is 10.5. The zero-order valence-electron chi connectivity index (χ0n) is 11.6. The largest absolute Gasteiger partial charge is 0.496 e. The van der Waals surface area contributed by atoms with Gasteiger partial charge in [0.05, 0.1) is 7.11 Å². The number of nitrogen functional groups attached to an aromatic ring is 1. The third-order valence-corrected chi connectivity index (χ3v) is 4.24. The van der Waals surface area contributed by atoms with Crippen molar-refractivity contribution in [1.29, 1.82) is 0 Å². The second-order valence-corrected chi connectivity index (χ2v) is 5.65. The summed E-state index contributed by atoms with van der Waals surface area (Å²) in [6.07, 6.45) is 0. The molecular weight excluding hydrogens is 254 g/mol. The van der Waals surface area contributed by atoms with Crippen LogP contribution in [0.2, 0.25) is 0 Å². The molecule has 0 heterocycles. The van der Waals surface area contributed by atoms with E-state index in [0.717, 1.165) is 22.8 Å². The number of ether oxygens (including phenoxy) is 1. The van der Waals surface area contributed by atoms with Crippen LogP contribution in [0, 0.1) is 13.8 Å². The molecule has 0 aliphatic carbocycles. The maximum Gasteiger partial charge on any atom is 0.123 e. The minimum atomic E-state index is 0.775. The Labute approximate surface area is 119 Å². The van der Waals surface area contributed by atoms with E-state index in [1.165, 1.54) is 16.0 Å². The highest BCUT2D eigenvalue weighted by Gasteiger charge is 2.06. The van der Waals surface area contributed by atoms with E-state index in [2.05, 4.69) is 32.0 Å². The molecule has 0 spiro atoms. The number of benzene rings is 2. The Hall–Kier alpha value is -1.61. The van der Waals surface area contributed by atoms with Crippen molar-refractivity contribution in [3.05, 3.63) is 53.1 Å². The third kappa shape index (κ3) is 3.44. The first-order chi connectivity index (χ1) is 9.10. The maximum absolute atomic E-state index is 5.84. The highest BCUT2D eigenvalue weighted by atomic mass is 32.2. The summed E-state index contributed by atoms with van der Waals surface area (Å²) in [7, 11) is 1.69.